The van der Waals surface area contributed by atoms with Crippen LogP contribution in [-0.4, -0.2) is 40.1 Å². The van der Waals surface area contributed by atoms with Crippen molar-refractivity contribution < 1.29 is 17.9 Å². The highest BCUT2D eigenvalue weighted by Crippen LogP contribution is 2.19. The molecule has 1 unspecified atom stereocenters. The number of sulfonamides is 1. The second-order valence-electron chi connectivity index (χ2n) is 5.00. The molecule has 1 amide bonds. The van der Waals surface area contributed by atoms with E-state index < -0.39 is 10.0 Å². The standard InChI is InChI=1S/C13H19N3O4S.ClH/c1-9-2-3-10(6-12(9)21(14,18)19)16-13(17)7-11-8-20-5-4-15-11;/h2-3,6,11,15H,4-5,7-8H2,1H3,(H,16,17)(H2,14,18,19);1H. The molecule has 7 nitrogen and oxygen atoms in total. The molecule has 22 heavy (non-hydrogen) atoms. The minimum atomic E-state index is -3.80. The predicted molar refractivity (Wildman–Crippen MR) is 85.7 cm³/mol. The number of aryl methyl sites for hydroxylation is 1. The molecule has 1 saturated heterocycles. The zero-order chi connectivity index (χ0) is 15.5. The van der Waals surface area contributed by atoms with Crippen LogP contribution in [-0.2, 0) is 19.6 Å². The SMILES string of the molecule is Cc1ccc(NC(=O)CC2COCCN2)cc1S(N)(=O)=O.Cl. The summed E-state index contributed by atoms with van der Waals surface area (Å²) < 4.78 is 28.2. The van der Waals surface area contributed by atoms with Crippen molar-refractivity contribution in [3.63, 3.8) is 0 Å². The van der Waals surface area contributed by atoms with Gasteiger partial charge in [0.25, 0.3) is 0 Å². The Morgan fingerprint density at radius 2 is 2.23 bits per heavy atom. The van der Waals surface area contributed by atoms with E-state index in [1.54, 1.807) is 19.1 Å². The smallest absolute Gasteiger partial charge is 0.238 e. The first-order valence-corrected chi connectivity index (χ1v) is 8.15. The molecular formula is C13H20ClN3O4S. The van der Waals surface area contributed by atoms with Crippen molar-refractivity contribution in [1.29, 1.82) is 0 Å². The number of carbonyl (C=O) groups excluding carboxylic acids is 1. The predicted octanol–water partition coefficient (Wildman–Crippen LogP) is 0.381. The van der Waals surface area contributed by atoms with Gasteiger partial charge in [0.2, 0.25) is 15.9 Å². The maximum absolute atomic E-state index is 11.9. The lowest BCUT2D eigenvalue weighted by Gasteiger charge is -2.23. The van der Waals surface area contributed by atoms with Crippen molar-refractivity contribution >= 4 is 34.0 Å². The molecule has 9 heteroatoms. The van der Waals surface area contributed by atoms with Crippen LogP contribution in [0.4, 0.5) is 5.69 Å². The van der Waals surface area contributed by atoms with Crippen molar-refractivity contribution in [1.82, 2.24) is 5.32 Å². The molecule has 1 aliphatic heterocycles. The summed E-state index contributed by atoms with van der Waals surface area (Å²) >= 11 is 0. The van der Waals surface area contributed by atoms with Gasteiger partial charge < -0.3 is 15.4 Å². The van der Waals surface area contributed by atoms with Gasteiger partial charge in [-0.1, -0.05) is 6.07 Å². The van der Waals surface area contributed by atoms with Crippen LogP contribution in [0.3, 0.4) is 0 Å². The Bertz CT molecular complexity index is 630. The summed E-state index contributed by atoms with van der Waals surface area (Å²) in [7, 11) is -3.80. The fourth-order valence-electron chi connectivity index (χ4n) is 2.17. The Labute approximate surface area is 136 Å². The van der Waals surface area contributed by atoms with Crippen molar-refractivity contribution in [3.8, 4) is 0 Å². The van der Waals surface area contributed by atoms with E-state index >= 15 is 0 Å². The summed E-state index contributed by atoms with van der Waals surface area (Å²) in [5.74, 6) is -0.206. The van der Waals surface area contributed by atoms with Crippen LogP contribution >= 0.6 is 12.4 Å². The molecule has 0 spiro atoms. The number of hydrogen-bond donors (Lipinski definition) is 3. The van der Waals surface area contributed by atoms with Gasteiger partial charge in [-0.15, -0.1) is 12.4 Å². The number of halogens is 1. The van der Waals surface area contributed by atoms with Crippen molar-refractivity contribution in [2.45, 2.75) is 24.3 Å². The summed E-state index contributed by atoms with van der Waals surface area (Å²) in [5, 5.41) is 11.0. The van der Waals surface area contributed by atoms with Crippen LogP contribution in [0.5, 0.6) is 0 Å². The quantitative estimate of drug-likeness (QED) is 0.728. The molecule has 2 rings (SSSR count). The van der Waals surface area contributed by atoms with E-state index in [2.05, 4.69) is 10.6 Å². The third-order valence-corrected chi connectivity index (χ3v) is 4.26. The molecule has 0 saturated carbocycles. The minimum absolute atomic E-state index is 0. The maximum Gasteiger partial charge on any atom is 0.238 e. The molecule has 1 aromatic rings. The maximum atomic E-state index is 11.9. The molecule has 0 aliphatic carbocycles. The first kappa shape index (κ1) is 18.9. The van der Waals surface area contributed by atoms with E-state index in [1.807, 2.05) is 0 Å². The molecule has 1 fully saturated rings. The van der Waals surface area contributed by atoms with E-state index in [-0.39, 0.29) is 35.7 Å². The van der Waals surface area contributed by atoms with Gasteiger partial charge in [0.1, 0.15) is 0 Å². The topological polar surface area (TPSA) is 111 Å². The van der Waals surface area contributed by atoms with Crippen LogP contribution in [0, 0.1) is 6.92 Å². The molecule has 1 aliphatic rings. The van der Waals surface area contributed by atoms with E-state index in [0.29, 0.717) is 24.5 Å². The van der Waals surface area contributed by atoms with Crippen LogP contribution in [0.2, 0.25) is 0 Å². The van der Waals surface area contributed by atoms with Crippen LogP contribution in [0.1, 0.15) is 12.0 Å². The summed E-state index contributed by atoms with van der Waals surface area (Å²) in [6.07, 6.45) is 0.262. The first-order chi connectivity index (χ1) is 9.86. The number of amides is 1. The summed E-state index contributed by atoms with van der Waals surface area (Å²) in [5.41, 5.74) is 0.948. The van der Waals surface area contributed by atoms with E-state index in [0.717, 1.165) is 6.54 Å². The number of rotatable bonds is 4. The zero-order valence-corrected chi connectivity index (χ0v) is 13.8. The number of nitrogens with one attached hydrogen (secondary N) is 2. The third-order valence-electron chi connectivity index (χ3n) is 3.21. The molecule has 1 heterocycles. The molecule has 1 aromatic carbocycles. The van der Waals surface area contributed by atoms with Gasteiger partial charge in [-0.2, -0.15) is 0 Å². The van der Waals surface area contributed by atoms with Gasteiger partial charge in [0.15, 0.2) is 0 Å². The fourth-order valence-corrected chi connectivity index (χ4v) is 2.98. The second-order valence-corrected chi connectivity index (χ2v) is 6.53. The Morgan fingerprint density at radius 3 is 2.82 bits per heavy atom. The number of anilines is 1. The Balaban J connectivity index is 0.00000242. The molecular weight excluding hydrogens is 330 g/mol. The van der Waals surface area contributed by atoms with E-state index in [1.165, 1.54) is 6.07 Å². The molecule has 0 radical (unpaired) electrons. The van der Waals surface area contributed by atoms with E-state index in [4.69, 9.17) is 9.88 Å². The zero-order valence-electron chi connectivity index (χ0n) is 12.2. The minimum Gasteiger partial charge on any atom is -0.378 e. The average molecular weight is 350 g/mol. The van der Waals surface area contributed by atoms with Gasteiger partial charge in [-0.05, 0) is 24.6 Å². The van der Waals surface area contributed by atoms with Gasteiger partial charge in [-0.25, -0.2) is 13.6 Å². The van der Waals surface area contributed by atoms with Gasteiger partial charge in [-0.3, -0.25) is 4.79 Å². The highest BCUT2D eigenvalue weighted by atomic mass is 35.5. The van der Waals surface area contributed by atoms with Gasteiger partial charge in [0.05, 0.1) is 18.1 Å². The Hall–Kier alpha value is -1.19. The normalized spacial score (nSPS) is 18.4. The second kappa shape index (κ2) is 7.89. The molecule has 1 atom stereocenters. The first-order valence-electron chi connectivity index (χ1n) is 6.60. The third kappa shape index (κ3) is 5.22. The highest BCUT2D eigenvalue weighted by molar-refractivity contribution is 7.89. The summed E-state index contributed by atoms with van der Waals surface area (Å²) in [6, 6.07) is 4.60. The molecule has 124 valence electrons. The Kier molecular flexibility index (Phi) is 6.76. The van der Waals surface area contributed by atoms with Crippen molar-refractivity contribution in [2.75, 3.05) is 25.1 Å². The average Bonchev–Trinajstić information content (AvgIpc) is 2.41. The van der Waals surface area contributed by atoms with Crippen LogP contribution < -0.4 is 15.8 Å². The van der Waals surface area contributed by atoms with Crippen LogP contribution in [0.15, 0.2) is 23.1 Å². The lowest BCUT2D eigenvalue weighted by molar-refractivity contribution is -0.117. The lowest BCUT2D eigenvalue weighted by Crippen LogP contribution is -2.43. The molecule has 0 aromatic heterocycles. The Morgan fingerprint density at radius 1 is 1.50 bits per heavy atom. The number of benzene rings is 1. The van der Waals surface area contributed by atoms with Gasteiger partial charge in [0, 0.05) is 24.7 Å². The highest BCUT2D eigenvalue weighted by Gasteiger charge is 2.18. The van der Waals surface area contributed by atoms with Crippen molar-refractivity contribution in [2.24, 2.45) is 5.14 Å². The van der Waals surface area contributed by atoms with Gasteiger partial charge >= 0.3 is 0 Å². The fraction of sp³-hybridized carbons (Fsp3) is 0.462. The number of carbonyl (C=O) groups is 1. The molecule has 0 bridgehead atoms. The number of ether oxygens (including phenoxy) is 1. The lowest BCUT2D eigenvalue weighted by atomic mass is 10.2. The number of morpholine rings is 1. The number of primary sulfonamides is 1. The summed E-state index contributed by atoms with van der Waals surface area (Å²) in [6.45, 7) is 3.50. The summed E-state index contributed by atoms with van der Waals surface area (Å²) in [4.78, 5) is 12.0. The van der Waals surface area contributed by atoms with Crippen LogP contribution in [0.25, 0.3) is 0 Å². The number of hydrogen-bond acceptors (Lipinski definition) is 5. The monoisotopic (exact) mass is 349 g/mol. The molecule has 4 N–H and O–H groups in total. The van der Waals surface area contributed by atoms with E-state index in [9.17, 15) is 13.2 Å². The van der Waals surface area contributed by atoms with Crippen molar-refractivity contribution in [3.05, 3.63) is 23.8 Å². The number of nitrogens with two attached hydrogens (primary N) is 1. The largest absolute Gasteiger partial charge is 0.378 e.